The molecule has 0 amide bonds. The van der Waals surface area contributed by atoms with Gasteiger partial charge in [-0.3, -0.25) is 4.57 Å². The van der Waals surface area contributed by atoms with Gasteiger partial charge in [-0.25, -0.2) is 18.6 Å². The first-order chi connectivity index (χ1) is 15.9. The molecule has 3 aromatic rings. The number of anilines is 2. The summed E-state index contributed by atoms with van der Waals surface area (Å²) in [6.45, 7) is 9.34. The zero-order chi connectivity index (χ0) is 24.8. The van der Waals surface area contributed by atoms with Crippen LogP contribution < -0.4 is 10.6 Å². The van der Waals surface area contributed by atoms with Crippen molar-refractivity contribution in [2.45, 2.75) is 53.0 Å². The zero-order valence-corrected chi connectivity index (χ0v) is 19.8. The molecule has 0 N–H and O–H groups in total. The summed E-state index contributed by atoms with van der Waals surface area (Å²) >= 11 is 0. The minimum Gasteiger partial charge on any atom is -0.325 e. The highest BCUT2D eigenvalue weighted by molar-refractivity contribution is 5.93. The first-order valence-electron chi connectivity index (χ1n) is 11.1. The van der Waals surface area contributed by atoms with E-state index in [1.54, 1.807) is 31.0 Å². The summed E-state index contributed by atoms with van der Waals surface area (Å²) < 4.78 is 31.0. The van der Waals surface area contributed by atoms with Crippen LogP contribution in [0.1, 0.15) is 52.3 Å². The highest BCUT2D eigenvalue weighted by atomic mass is 19.2. The van der Waals surface area contributed by atoms with Gasteiger partial charge >= 0.3 is 5.69 Å². The molecule has 8 heteroatoms. The van der Waals surface area contributed by atoms with E-state index in [0.29, 0.717) is 30.8 Å². The Hall–Kier alpha value is -3.78. The molecule has 1 aliphatic rings. The number of halogens is 2. The summed E-state index contributed by atoms with van der Waals surface area (Å²) in [5.41, 5.74) is 0.230. The van der Waals surface area contributed by atoms with E-state index >= 15 is 4.39 Å². The van der Waals surface area contributed by atoms with E-state index in [0.717, 1.165) is 11.6 Å². The molecule has 0 spiro atoms. The normalized spacial score (nSPS) is 13.8. The van der Waals surface area contributed by atoms with Crippen molar-refractivity contribution in [2.75, 3.05) is 11.4 Å². The average Bonchev–Trinajstić information content (AvgIpc) is 2.78. The number of fused-ring (bicyclic) bond motifs is 2. The van der Waals surface area contributed by atoms with Crippen molar-refractivity contribution >= 4 is 22.4 Å². The molecule has 174 valence electrons. The summed E-state index contributed by atoms with van der Waals surface area (Å²) in [5.74, 6) is 3.96. The van der Waals surface area contributed by atoms with E-state index in [1.807, 2.05) is 20.8 Å². The highest BCUT2D eigenvalue weighted by Crippen LogP contribution is 2.38. The lowest BCUT2D eigenvalue weighted by Gasteiger charge is -2.32. The molecular weight excluding hydrogens is 436 g/mol. The summed E-state index contributed by atoms with van der Waals surface area (Å²) in [6, 6.07) is 6.35. The van der Waals surface area contributed by atoms with E-state index in [1.165, 1.54) is 10.6 Å². The second-order valence-corrected chi connectivity index (χ2v) is 9.88. The van der Waals surface area contributed by atoms with E-state index in [9.17, 15) is 14.4 Å². The maximum absolute atomic E-state index is 15.2. The van der Waals surface area contributed by atoms with Crippen LogP contribution in [0.4, 0.5) is 20.3 Å². The molecule has 0 radical (unpaired) electrons. The Morgan fingerprint density at radius 1 is 1.12 bits per heavy atom. The molecular formula is C26H25F2N5O. The van der Waals surface area contributed by atoms with Crippen LogP contribution in [0.15, 0.2) is 29.2 Å². The number of nitrogens with zero attached hydrogens (tertiary/aromatic N) is 5. The maximum Gasteiger partial charge on any atom is 0.350 e. The van der Waals surface area contributed by atoms with Gasteiger partial charge in [0.05, 0.1) is 17.0 Å². The molecule has 0 atom stereocenters. The fraction of sp³-hybridized carbons (Fsp3) is 0.385. The summed E-state index contributed by atoms with van der Waals surface area (Å²) in [4.78, 5) is 23.5. The molecule has 0 saturated heterocycles. The number of rotatable bonds is 1. The van der Waals surface area contributed by atoms with Crippen LogP contribution >= 0.6 is 0 Å². The van der Waals surface area contributed by atoms with Crippen molar-refractivity contribution in [2.24, 2.45) is 5.41 Å². The van der Waals surface area contributed by atoms with Gasteiger partial charge in [0.15, 0.2) is 17.5 Å². The predicted octanol–water partition coefficient (Wildman–Crippen LogP) is 4.81. The van der Waals surface area contributed by atoms with Gasteiger partial charge in [-0.2, -0.15) is 10.2 Å². The lowest BCUT2D eigenvalue weighted by atomic mass is 9.95. The fourth-order valence-electron chi connectivity index (χ4n) is 4.17. The molecule has 0 aliphatic carbocycles. The third-order valence-corrected chi connectivity index (χ3v) is 5.76. The minimum absolute atomic E-state index is 0.0440. The van der Waals surface area contributed by atoms with Crippen molar-refractivity contribution in [3.05, 3.63) is 57.8 Å². The van der Waals surface area contributed by atoms with Gasteiger partial charge in [0, 0.05) is 29.5 Å². The number of pyridine rings is 1. The summed E-state index contributed by atoms with van der Waals surface area (Å²) in [7, 11) is 0. The van der Waals surface area contributed by atoms with Crippen molar-refractivity contribution in [3.8, 4) is 17.9 Å². The van der Waals surface area contributed by atoms with E-state index < -0.39 is 28.3 Å². The minimum atomic E-state index is -1.05. The van der Waals surface area contributed by atoms with Crippen LogP contribution in [-0.2, 0) is 12.0 Å². The molecule has 0 bridgehead atoms. The van der Waals surface area contributed by atoms with Gasteiger partial charge in [-0.1, -0.05) is 5.92 Å². The Morgan fingerprint density at radius 2 is 1.85 bits per heavy atom. The van der Waals surface area contributed by atoms with Crippen molar-refractivity contribution in [1.82, 2.24) is 14.5 Å². The second-order valence-electron chi connectivity index (χ2n) is 9.88. The van der Waals surface area contributed by atoms with Gasteiger partial charge in [0.2, 0.25) is 0 Å². The Balaban J connectivity index is 1.99. The molecule has 2 aromatic heterocycles. The SMILES string of the molecule is CC(C)(C#N)C#Cc1nccc2c1CCCN2c1nc(=O)n(C(C)(C)C)c2ccc(F)c(F)c12. The summed E-state index contributed by atoms with van der Waals surface area (Å²) in [5, 5.41) is 9.22. The standard InChI is InChI=1S/C26H25F2N5O/c1-25(2,3)33-20-9-8-17(27)22(28)21(20)23(31-24(33)34)32-14-6-7-16-18(30-13-11-19(16)32)10-12-26(4,5)15-29/h8-9,11,13H,6-7,14H2,1-5H3. The van der Waals surface area contributed by atoms with Crippen LogP contribution in [-0.4, -0.2) is 21.1 Å². The lowest BCUT2D eigenvalue weighted by molar-refractivity contribution is 0.391. The number of aromatic nitrogens is 3. The smallest absolute Gasteiger partial charge is 0.325 e. The lowest BCUT2D eigenvalue weighted by Crippen LogP contribution is -2.38. The van der Waals surface area contributed by atoms with Gasteiger partial charge in [-0.05, 0) is 71.6 Å². The van der Waals surface area contributed by atoms with Crippen molar-refractivity contribution in [3.63, 3.8) is 0 Å². The number of hydrogen-bond donors (Lipinski definition) is 0. The van der Waals surface area contributed by atoms with Crippen molar-refractivity contribution in [1.29, 1.82) is 5.26 Å². The Morgan fingerprint density at radius 3 is 2.53 bits per heavy atom. The first kappa shape index (κ1) is 23.4. The molecule has 6 nitrogen and oxygen atoms in total. The van der Waals surface area contributed by atoms with Gasteiger partial charge < -0.3 is 4.90 Å². The summed E-state index contributed by atoms with van der Waals surface area (Å²) in [6.07, 6.45) is 2.93. The first-order valence-corrected chi connectivity index (χ1v) is 11.1. The third-order valence-electron chi connectivity index (χ3n) is 5.76. The number of benzene rings is 1. The molecule has 4 rings (SSSR count). The molecule has 0 saturated carbocycles. The third kappa shape index (κ3) is 4.01. The van der Waals surface area contributed by atoms with Crippen LogP contribution in [0, 0.1) is 40.2 Å². The Bertz CT molecular complexity index is 1470. The Kier molecular flexibility index (Phi) is 5.65. The zero-order valence-electron chi connectivity index (χ0n) is 19.8. The average molecular weight is 462 g/mol. The highest BCUT2D eigenvalue weighted by Gasteiger charge is 2.29. The number of nitriles is 1. The van der Waals surface area contributed by atoms with Gasteiger partial charge in [0.1, 0.15) is 11.1 Å². The molecule has 3 heterocycles. The molecule has 1 aromatic carbocycles. The van der Waals surface area contributed by atoms with Crippen LogP contribution in [0.25, 0.3) is 10.9 Å². The Labute approximate surface area is 196 Å². The molecule has 1 aliphatic heterocycles. The van der Waals surface area contributed by atoms with Crippen LogP contribution in [0.2, 0.25) is 0 Å². The van der Waals surface area contributed by atoms with E-state index in [-0.39, 0.29) is 16.7 Å². The molecule has 0 fully saturated rings. The maximum atomic E-state index is 15.2. The van der Waals surface area contributed by atoms with E-state index in [4.69, 9.17) is 0 Å². The molecule has 0 unspecified atom stereocenters. The second kappa shape index (κ2) is 8.22. The van der Waals surface area contributed by atoms with Gasteiger partial charge in [0.25, 0.3) is 0 Å². The van der Waals surface area contributed by atoms with E-state index in [2.05, 4.69) is 27.9 Å². The fourth-order valence-corrected chi connectivity index (χ4v) is 4.17. The topological polar surface area (TPSA) is 74.8 Å². The quantitative estimate of drug-likeness (QED) is 0.486. The number of hydrogen-bond acceptors (Lipinski definition) is 5. The predicted molar refractivity (Wildman–Crippen MR) is 127 cm³/mol. The monoisotopic (exact) mass is 461 g/mol. The van der Waals surface area contributed by atoms with Crippen LogP contribution in [0.3, 0.4) is 0 Å². The van der Waals surface area contributed by atoms with Crippen molar-refractivity contribution < 1.29 is 8.78 Å². The largest absolute Gasteiger partial charge is 0.350 e. The van der Waals surface area contributed by atoms with Gasteiger partial charge in [-0.15, -0.1) is 0 Å². The molecule has 34 heavy (non-hydrogen) atoms. The van der Waals surface area contributed by atoms with Crippen LogP contribution in [0.5, 0.6) is 0 Å².